The van der Waals surface area contributed by atoms with Crippen molar-refractivity contribution in [2.45, 2.75) is 13.8 Å². The average Bonchev–Trinajstić information content (AvgIpc) is 2.95. The molecule has 0 aliphatic carbocycles. The maximum atomic E-state index is 6.27. The molecule has 5 aromatic rings. The molecule has 3 nitrogen and oxygen atoms in total. The fourth-order valence-corrected chi connectivity index (χ4v) is 4.32. The summed E-state index contributed by atoms with van der Waals surface area (Å²) < 4.78 is 0. The first-order chi connectivity index (χ1) is 18.5. The summed E-state index contributed by atoms with van der Waals surface area (Å²) in [7, 11) is 0. The quantitative estimate of drug-likeness (QED) is 0.200. The van der Waals surface area contributed by atoms with Crippen LogP contribution >= 0.6 is 23.2 Å². The monoisotopic (exact) mass is 533 g/mol. The van der Waals surface area contributed by atoms with Gasteiger partial charge in [0.15, 0.2) is 0 Å². The highest BCUT2D eigenvalue weighted by Gasteiger charge is 2.14. The highest BCUT2D eigenvalue weighted by atomic mass is 35.5. The summed E-state index contributed by atoms with van der Waals surface area (Å²) in [5.74, 6) is 0. The SMILES string of the molecule is Cc1cc(N=C(c2ccccc2)c2cccc(C(=Nc3ccc(Cl)c(C)c3)c3ccccc3)n2)ccc1Cl. The first-order valence-corrected chi connectivity index (χ1v) is 13.0. The Kier molecular flexibility index (Phi) is 7.78. The van der Waals surface area contributed by atoms with Crippen LogP contribution in [0.2, 0.25) is 10.0 Å². The number of hydrogen-bond acceptors (Lipinski definition) is 3. The van der Waals surface area contributed by atoms with Crippen molar-refractivity contribution in [3.8, 4) is 0 Å². The second-order valence-corrected chi connectivity index (χ2v) is 9.74. The second-order valence-electron chi connectivity index (χ2n) is 8.93. The minimum atomic E-state index is 0.714. The number of aryl methyl sites for hydroxylation is 2. The topological polar surface area (TPSA) is 37.6 Å². The summed E-state index contributed by atoms with van der Waals surface area (Å²) in [6.07, 6.45) is 0. The van der Waals surface area contributed by atoms with E-state index in [4.69, 9.17) is 38.2 Å². The molecular weight excluding hydrogens is 509 g/mol. The first kappa shape index (κ1) is 25.6. The minimum Gasteiger partial charge on any atom is -0.246 e. The largest absolute Gasteiger partial charge is 0.246 e. The van der Waals surface area contributed by atoms with Crippen molar-refractivity contribution in [1.29, 1.82) is 0 Å². The number of aromatic nitrogens is 1. The van der Waals surface area contributed by atoms with E-state index in [1.807, 2.05) is 129 Å². The number of aliphatic imine (C=N–C) groups is 2. The summed E-state index contributed by atoms with van der Waals surface area (Å²) in [5, 5.41) is 1.43. The fraction of sp³-hybridized carbons (Fsp3) is 0.0606. The normalized spacial score (nSPS) is 12.0. The third-order valence-electron chi connectivity index (χ3n) is 6.09. The van der Waals surface area contributed by atoms with E-state index in [9.17, 15) is 0 Å². The van der Waals surface area contributed by atoms with E-state index >= 15 is 0 Å². The van der Waals surface area contributed by atoms with Crippen LogP contribution in [-0.4, -0.2) is 16.4 Å². The van der Waals surface area contributed by atoms with Crippen LogP contribution < -0.4 is 0 Å². The van der Waals surface area contributed by atoms with Gasteiger partial charge in [-0.1, -0.05) is 89.9 Å². The van der Waals surface area contributed by atoms with E-state index in [0.29, 0.717) is 10.0 Å². The van der Waals surface area contributed by atoms with Crippen LogP contribution in [0.5, 0.6) is 0 Å². The van der Waals surface area contributed by atoms with E-state index in [1.54, 1.807) is 0 Å². The Morgan fingerprint density at radius 2 is 0.947 bits per heavy atom. The van der Waals surface area contributed by atoms with E-state index < -0.39 is 0 Å². The molecule has 0 amide bonds. The van der Waals surface area contributed by atoms with Crippen LogP contribution in [0.4, 0.5) is 11.4 Å². The Bertz CT molecular complexity index is 1520. The summed E-state index contributed by atoms with van der Waals surface area (Å²) in [6.45, 7) is 3.95. The summed E-state index contributed by atoms with van der Waals surface area (Å²) in [6, 6.07) is 37.6. The zero-order chi connectivity index (χ0) is 26.5. The third-order valence-corrected chi connectivity index (χ3v) is 6.94. The lowest BCUT2D eigenvalue weighted by atomic mass is 10.0. The van der Waals surface area contributed by atoms with Crippen LogP contribution in [-0.2, 0) is 0 Å². The van der Waals surface area contributed by atoms with E-state index in [2.05, 4.69) is 0 Å². The molecule has 0 atom stereocenters. The predicted molar refractivity (Wildman–Crippen MR) is 160 cm³/mol. The molecule has 0 aliphatic heterocycles. The van der Waals surface area contributed by atoms with Crippen molar-refractivity contribution < 1.29 is 0 Å². The van der Waals surface area contributed by atoms with Crippen LogP contribution in [0.25, 0.3) is 0 Å². The van der Waals surface area contributed by atoms with Gasteiger partial charge in [0.2, 0.25) is 0 Å². The standard InChI is InChI=1S/C33H25Cl2N3/c1-22-20-26(16-18-28(22)34)36-32(24-10-5-3-6-11-24)30-14-9-15-31(38-30)33(25-12-7-4-8-13-25)37-27-17-19-29(35)23(2)21-27/h3-21H,1-2H3. The number of benzene rings is 4. The molecule has 0 unspecified atom stereocenters. The maximum Gasteiger partial charge on any atom is 0.0965 e. The third kappa shape index (κ3) is 5.91. The van der Waals surface area contributed by atoms with Crippen LogP contribution in [0.3, 0.4) is 0 Å². The minimum absolute atomic E-state index is 0.714. The number of halogens is 2. The van der Waals surface area contributed by atoms with Gasteiger partial charge in [-0.15, -0.1) is 0 Å². The van der Waals surface area contributed by atoms with Gasteiger partial charge < -0.3 is 0 Å². The van der Waals surface area contributed by atoms with Crippen molar-refractivity contribution >= 4 is 46.0 Å². The van der Waals surface area contributed by atoms with Gasteiger partial charge in [0.25, 0.3) is 0 Å². The van der Waals surface area contributed by atoms with Gasteiger partial charge in [-0.3, -0.25) is 0 Å². The molecule has 0 spiro atoms. The lowest BCUT2D eigenvalue weighted by Gasteiger charge is -2.12. The first-order valence-electron chi connectivity index (χ1n) is 12.3. The highest BCUT2D eigenvalue weighted by molar-refractivity contribution is 6.31. The van der Waals surface area contributed by atoms with Crippen molar-refractivity contribution in [3.63, 3.8) is 0 Å². The highest BCUT2D eigenvalue weighted by Crippen LogP contribution is 2.26. The number of nitrogens with zero attached hydrogens (tertiary/aromatic N) is 3. The molecule has 5 rings (SSSR count). The molecule has 1 heterocycles. The van der Waals surface area contributed by atoms with Crippen molar-refractivity contribution in [2.75, 3.05) is 0 Å². The Morgan fingerprint density at radius 3 is 1.34 bits per heavy atom. The van der Waals surface area contributed by atoms with Gasteiger partial charge in [-0.05, 0) is 73.5 Å². The van der Waals surface area contributed by atoms with Gasteiger partial charge in [-0.25, -0.2) is 15.0 Å². The maximum absolute atomic E-state index is 6.27. The average molecular weight is 534 g/mol. The van der Waals surface area contributed by atoms with Crippen molar-refractivity contribution in [1.82, 2.24) is 4.98 Å². The smallest absolute Gasteiger partial charge is 0.0965 e. The van der Waals surface area contributed by atoms with Gasteiger partial charge in [-0.2, -0.15) is 0 Å². The molecule has 0 fully saturated rings. The Hall–Kier alpha value is -4.05. The second kappa shape index (κ2) is 11.6. The van der Waals surface area contributed by atoms with Crippen LogP contribution in [0.1, 0.15) is 33.6 Å². The number of pyridine rings is 1. The zero-order valence-corrected chi connectivity index (χ0v) is 22.6. The predicted octanol–water partition coefficient (Wildman–Crippen LogP) is 9.34. The van der Waals surface area contributed by atoms with E-state index in [1.165, 1.54) is 0 Å². The van der Waals surface area contributed by atoms with E-state index in [0.717, 1.165) is 56.4 Å². The Morgan fingerprint density at radius 1 is 0.526 bits per heavy atom. The summed E-state index contributed by atoms with van der Waals surface area (Å²) in [5.41, 5.74) is 8.53. The van der Waals surface area contributed by atoms with E-state index in [-0.39, 0.29) is 0 Å². The van der Waals surface area contributed by atoms with Gasteiger partial charge >= 0.3 is 0 Å². The molecule has 5 heteroatoms. The van der Waals surface area contributed by atoms with Gasteiger partial charge in [0, 0.05) is 21.2 Å². The molecule has 0 N–H and O–H groups in total. The summed E-state index contributed by atoms with van der Waals surface area (Å²) in [4.78, 5) is 15.1. The molecule has 0 saturated heterocycles. The lowest BCUT2D eigenvalue weighted by molar-refractivity contribution is 1.24. The molecule has 0 radical (unpaired) electrons. The molecule has 186 valence electrons. The van der Waals surface area contributed by atoms with Gasteiger partial charge in [0.1, 0.15) is 0 Å². The molecule has 1 aromatic heterocycles. The number of hydrogen-bond donors (Lipinski definition) is 0. The molecule has 0 bridgehead atoms. The molecule has 38 heavy (non-hydrogen) atoms. The van der Waals surface area contributed by atoms with Crippen molar-refractivity contribution in [2.24, 2.45) is 9.98 Å². The molecule has 0 saturated carbocycles. The lowest BCUT2D eigenvalue weighted by Crippen LogP contribution is -2.11. The van der Waals surface area contributed by atoms with Crippen LogP contribution in [0, 0.1) is 13.8 Å². The number of rotatable bonds is 6. The van der Waals surface area contributed by atoms with Crippen molar-refractivity contribution in [3.05, 3.63) is 159 Å². The fourth-order valence-electron chi connectivity index (χ4n) is 4.08. The summed E-state index contributed by atoms with van der Waals surface area (Å²) >= 11 is 12.5. The molecular formula is C33H25Cl2N3. The molecule has 4 aromatic carbocycles. The Balaban J connectivity index is 1.67. The van der Waals surface area contributed by atoms with Gasteiger partial charge in [0.05, 0.1) is 34.2 Å². The van der Waals surface area contributed by atoms with Crippen LogP contribution in [0.15, 0.2) is 125 Å². The zero-order valence-electron chi connectivity index (χ0n) is 21.1. The Labute approximate surface area is 233 Å². The molecule has 0 aliphatic rings.